The van der Waals surface area contributed by atoms with Crippen molar-refractivity contribution in [2.24, 2.45) is 0 Å². The van der Waals surface area contributed by atoms with Gasteiger partial charge < -0.3 is 5.11 Å². The number of carbonyl (C=O) groups excluding carboxylic acids is 2. The molecule has 33 heavy (non-hydrogen) atoms. The number of carbonyl (C=O) groups is 2. The molecule has 0 unspecified atom stereocenters. The molecule has 5 nitrogen and oxygen atoms in total. The number of halogens is 2. The summed E-state index contributed by atoms with van der Waals surface area (Å²) >= 11 is 4.74. The third-order valence-electron chi connectivity index (χ3n) is 5.47. The number of Topliss-reactive ketones (excluding diaryl/α,β-unsaturated/α-hetero) is 1. The third kappa shape index (κ3) is 3.75. The molecule has 3 aromatic carbocycles. The van der Waals surface area contributed by atoms with Gasteiger partial charge in [0.1, 0.15) is 11.6 Å². The van der Waals surface area contributed by atoms with Gasteiger partial charge in [0.15, 0.2) is 5.13 Å². The van der Waals surface area contributed by atoms with Crippen LogP contribution in [-0.4, -0.2) is 21.8 Å². The number of anilines is 1. The fourth-order valence-corrected chi connectivity index (χ4v) is 5.42. The van der Waals surface area contributed by atoms with E-state index in [-0.39, 0.29) is 16.9 Å². The number of amides is 1. The summed E-state index contributed by atoms with van der Waals surface area (Å²) in [7, 11) is 0. The highest BCUT2D eigenvalue weighted by molar-refractivity contribution is 9.10. The number of aliphatic hydroxyl groups excluding tert-OH is 1. The molecule has 8 heteroatoms. The Labute approximate surface area is 200 Å². The Morgan fingerprint density at radius 2 is 1.85 bits per heavy atom. The lowest BCUT2D eigenvalue weighted by molar-refractivity contribution is -0.132. The minimum atomic E-state index is -0.894. The van der Waals surface area contributed by atoms with Gasteiger partial charge in [-0.05, 0) is 66.6 Å². The number of benzene rings is 3. The van der Waals surface area contributed by atoms with Crippen LogP contribution in [-0.2, 0) is 9.59 Å². The molecule has 1 aliphatic rings. The molecule has 2 heterocycles. The van der Waals surface area contributed by atoms with Gasteiger partial charge in [0, 0.05) is 10.0 Å². The van der Waals surface area contributed by atoms with E-state index in [0.717, 1.165) is 14.7 Å². The highest BCUT2D eigenvalue weighted by atomic mass is 79.9. The van der Waals surface area contributed by atoms with Crippen molar-refractivity contribution in [2.75, 3.05) is 4.90 Å². The maximum atomic E-state index is 13.4. The highest BCUT2D eigenvalue weighted by Crippen LogP contribution is 2.44. The number of rotatable bonds is 3. The summed E-state index contributed by atoms with van der Waals surface area (Å²) in [5.41, 5.74) is 2.57. The molecule has 1 saturated heterocycles. The first-order valence-electron chi connectivity index (χ1n) is 10.0. The molecule has 0 bridgehead atoms. The lowest BCUT2D eigenvalue weighted by Gasteiger charge is -2.23. The number of aryl methyl sites for hydroxylation is 1. The molecule has 4 aromatic rings. The minimum Gasteiger partial charge on any atom is -0.507 e. The second kappa shape index (κ2) is 8.20. The van der Waals surface area contributed by atoms with Gasteiger partial charge >= 0.3 is 5.91 Å². The normalized spacial score (nSPS) is 17.8. The quantitative estimate of drug-likeness (QED) is 0.199. The molecule has 1 fully saturated rings. The number of aliphatic hydroxyl groups is 1. The Bertz CT molecular complexity index is 1460. The number of thiazole rings is 1. The van der Waals surface area contributed by atoms with Crippen LogP contribution in [0.25, 0.3) is 16.0 Å². The average molecular weight is 523 g/mol. The summed E-state index contributed by atoms with van der Waals surface area (Å²) in [6.07, 6.45) is 0. The number of ketones is 1. The van der Waals surface area contributed by atoms with E-state index < -0.39 is 23.5 Å². The Morgan fingerprint density at radius 1 is 1.09 bits per heavy atom. The lowest BCUT2D eigenvalue weighted by Crippen LogP contribution is -2.29. The number of nitrogens with zero attached hydrogens (tertiary/aromatic N) is 2. The van der Waals surface area contributed by atoms with Crippen molar-refractivity contribution >= 4 is 60.1 Å². The van der Waals surface area contributed by atoms with E-state index in [1.165, 1.54) is 40.5 Å². The SMILES string of the molecule is Cc1ccc2nc(N3C(=O)C(=O)/C(=C(/O)c4ccc(F)cc4)[C@H]3c3cccc(Br)c3)sc2c1. The number of hydrogen-bond donors (Lipinski definition) is 1. The van der Waals surface area contributed by atoms with Crippen LogP contribution in [0.4, 0.5) is 9.52 Å². The predicted octanol–water partition coefficient (Wildman–Crippen LogP) is 6.13. The number of aromatic nitrogens is 1. The first-order valence-corrected chi connectivity index (χ1v) is 11.6. The standard InChI is InChI=1S/C25H16BrFN2O3S/c1-13-5-10-18-19(11-13)33-25(28-18)29-21(15-3-2-4-16(26)12-15)20(23(31)24(29)32)22(30)14-6-8-17(27)9-7-14/h2-12,21,30H,1H3/b22-20+/t21-/m1/s1. The van der Waals surface area contributed by atoms with Crippen molar-refractivity contribution in [3.05, 3.63) is 99.3 Å². The molecule has 1 aromatic heterocycles. The van der Waals surface area contributed by atoms with Crippen molar-refractivity contribution < 1.29 is 19.1 Å². The maximum Gasteiger partial charge on any atom is 0.301 e. The zero-order chi connectivity index (χ0) is 23.3. The van der Waals surface area contributed by atoms with Crippen LogP contribution in [0.3, 0.4) is 0 Å². The van der Waals surface area contributed by atoms with Crippen LogP contribution in [0.2, 0.25) is 0 Å². The first kappa shape index (κ1) is 21.5. The van der Waals surface area contributed by atoms with Crippen LogP contribution >= 0.6 is 27.3 Å². The van der Waals surface area contributed by atoms with Crippen molar-refractivity contribution in [2.45, 2.75) is 13.0 Å². The number of hydrogen-bond acceptors (Lipinski definition) is 5. The third-order valence-corrected chi connectivity index (χ3v) is 6.98. The molecule has 1 amide bonds. The summed E-state index contributed by atoms with van der Waals surface area (Å²) < 4.78 is 15.1. The maximum absolute atomic E-state index is 13.4. The Kier molecular flexibility index (Phi) is 5.34. The summed E-state index contributed by atoms with van der Waals surface area (Å²) in [6, 6.07) is 17.2. The van der Waals surface area contributed by atoms with Crippen molar-refractivity contribution in [1.29, 1.82) is 0 Å². The summed E-state index contributed by atoms with van der Waals surface area (Å²) in [6.45, 7) is 1.97. The van der Waals surface area contributed by atoms with Crippen molar-refractivity contribution in [3.63, 3.8) is 0 Å². The zero-order valence-corrected chi connectivity index (χ0v) is 19.7. The van der Waals surface area contributed by atoms with Crippen LogP contribution in [0.5, 0.6) is 0 Å². The van der Waals surface area contributed by atoms with Crippen LogP contribution in [0.15, 0.2) is 76.8 Å². The summed E-state index contributed by atoms with van der Waals surface area (Å²) in [4.78, 5) is 32.4. The van der Waals surface area contributed by atoms with E-state index in [9.17, 15) is 19.1 Å². The molecular weight excluding hydrogens is 507 g/mol. The average Bonchev–Trinajstić information content (AvgIpc) is 3.32. The molecule has 0 radical (unpaired) electrons. The first-order chi connectivity index (χ1) is 15.8. The van der Waals surface area contributed by atoms with Crippen LogP contribution < -0.4 is 4.90 Å². The van der Waals surface area contributed by atoms with Gasteiger partial charge in [0.2, 0.25) is 0 Å². The van der Waals surface area contributed by atoms with E-state index >= 15 is 0 Å². The minimum absolute atomic E-state index is 0.0693. The van der Waals surface area contributed by atoms with E-state index in [1.807, 2.05) is 31.2 Å². The lowest BCUT2D eigenvalue weighted by atomic mass is 9.95. The molecule has 0 saturated carbocycles. The van der Waals surface area contributed by atoms with Crippen LogP contribution in [0, 0.1) is 12.7 Å². The van der Waals surface area contributed by atoms with Crippen LogP contribution in [0.1, 0.15) is 22.7 Å². The second-order valence-corrected chi connectivity index (χ2v) is 9.62. The molecule has 0 aliphatic carbocycles. The fourth-order valence-electron chi connectivity index (χ4n) is 3.91. The van der Waals surface area contributed by atoms with Gasteiger partial charge in [-0.1, -0.05) is 45.5 Å². The largest absolute Gasteiger partial charge is 0.507 e. The molecule has 5 rings (SSSR count). The molecule has 1 aliphatic heterocycles. The topological polar surface area (TPSA) is 70.5 Å². The van der Waals surface area contributed by atoms with E-state index in [0.29, 0.717) is 16.2 Å². The van der Waals surface area contributed by atoms with Crippen molar-refractivity contribution in [3.8, 4) is 0 Å². The monoisotopic (exact) mass is 522 g/mol. The smallest absolute Gasteiger partial charge is 0.301 e. The number of fused-ring (bicyclic) bond motifs is 1. The summed E-state index contributed by atoms with van der Waals surface area (Å²) in [5.74, 6) is -2.44. The predicted molar refractivity (Wildman–Crippen MR) is 130 cm³/mol. The molecule has 1 atom stereocenters. The second-order valence-electron chi connectivity index (χ2n) is 7.70. The van der Waals surface area contributed by atoms with Gasteiger partial charge in [-0.2, -0.15) is 0 Å². The van der Waals surface area contributed by atoms with Crippen molar-refractivity contribution in [1.82, 2.24) is 4.98 Å². The molecular formula is C25H16BrFN2O3S. The highest BCUT2D eigenvalue weighted by Gasteiger charge is 2.48. The van der Waals surface area contributed by atoms with Gasteiger partial charge in [0.25, 0.3) is 5.78 Å². The van der Waals surface area contributed by atoms with E-state index in [2.05, 4.69) is 20.9 Å². The Hall–Kier alpha value is -3.36. The molecule has 164 valence electrons. The fraction of sp³-hybridized carbons (Fsp3) is 0.0800. The Morgan fingerprint density at radius 3 is 2.58 bits per heavy atom. The van der Waals surface area contributed by atoms with Gasteiger partial charge in [0.05, 0.1) is 21.8 Å². The summed E-state index contributed by atoms with van der Waals surface area (Å²) in [5, 5.41) is 11.4. The van der Waals surface area contributed by atoms with E-state index in [1.54, 1.807) is 18.2 Å². The molecule has 0 spiro atoms. The zero-order valence-electron chi connectivity index (χ0n) is 17.3. The van der Waals surface area contributed by atoms with E-state index in [4.69, 9.17) is 0 Å². The Balaban J connectivity index is 1.74. The van der Waals surface area contributed by atoms with Gasteiger partial charge in [-0.3, -0.25) is 14.5 Å². The van der Waals surface area contributed by atoms with Gasteiger partial charge in [-0.25, -0.2) is 9.37 Å². The van der Waals surface area contributed by atoms with Gasteiger partial charge in [-0.15, -0.1) is 0 Å². The molecule has 1 N–H and O–H groups in total.